The van der Waals surface area contributed by atoms with Gasteiger partial charge in [0.25, 0.3) is 0 Å². The summed E-state index contributed by atoms with van der Waals surface area (Å²) in [5, 5.41) is 12.7. The number of benzene rings is 2. The molecule has 1 amide bonds. The summed E-state index contributed by atoms with van der Waals surface area (Å²) in [6.07, 6.45) is 1.90. The van der Waals surface area contributed by atoms with Gasteiger partial charge in [-0.05, 0) is 54.5 Å². The SMILES string of the molecule is C=CCN(CC(=O)N1CCc2sccc2C1COc1ccc(C)cc1C)CC(O)COCc1ccccc1. The van der Waals surface area contributed by atoms with Crippen LogP contribution in [0.15, 0.2) is 72.6 Å². The summed E-state index contributed by atoms with van der Waals surface area (Å²) in [5.74, 6) is 0.868. The van der Waals surface area contributed by atoms with Gasteiger partial charge in [-0.2, -0.15) is 0 Å². The highest BCUT2D eigenvalue weighted by atomic mass is 32.1. The number of carbonyl (C=O) groups is 1. The standard InChI is InChI=1S/C31H38N2O4S/c1-4-14-32(18-26(34)21-36-20-25-8-6-5-7-9-25)19-31(35)33-15-12-30-27(13-16-38-30)28(33)22-37-29-11-10-23(2)17-24(29)3/h4-11,13,16-17,26,28,34H,1,12,14-15,18-22H2,2-3H3. The Kier molecular flexibility index (Phi) is 10.1. The van der Waals surface area contributed by atoms with E-state index in [4.69, 9.17) is 9.47 Å². The highest BCUT2D eigenvalue weighted by Crippen LogP contribution is 2.34. The molecule has 0 saturated carbocycles. The summed E-state index contributed by atoms with van der Waals surface area (Å²) in [6, 6.07) is 18.0. The number of thiophene rings is 1. The van der Waals surface area contributed by atoms with E-state index in [1.165, 1.54) is 16.0 Å². The molecule has 1 aromatic heterocycles. The molecule has 1 aliphatic rings. The average Bonchev–Trinajstić information content (AvgIpc) is 3.38. The minimum Gasteiger partial charge on any atom is -0.491 e. The zero-order valence-electron chi connectivity index (χ0n) is 22.3. The minimum absolute atomic E-state index is 0.0235. The zero-order chi connectivity index (χ0) is 26.9. The Morgan fingerprint density at radius 2 is 2.05 bits per heavy atom. The molecular formula is C31H38N2O4S. The Labute approximate surface area is 230 Å². The Morgan fingerprint density at radius 3 is 2.82 bits per heavy atom. The number of rotatable bonds is 13. The molecule has 7 heteroatoms. The van der Waals surface area contributed by atoms with Crippen molar-refractivity contribution in [2.24, 2.45) is 0 Å². The summed E-state index contributed by atoms with van der Waals surface area (Å²) in [7, 11) is 0. The highest BCUT2D eigenvalue weighted by Gasteiger charge is 2.33. The van der Waals surface area contributed by atoms with E-state index >= 15 is 0 Å². The maximum absolute atomic E-state index is 13.6. The van der Waals surface area contributed by atoms with Gasteiger partial charge < -0.3 is 19.5 Å². The molecule has 1 aliphatic heterocycles. The summed E-state index contributed by atoms with van der Waals surface area (Å²) in [5.41, 5.74) is 4.51. The maximum atomic E-state index is 13.6. The fourth-order valence-corrected chi connectivity index (χ4v) is 5.84. The van der Waals surface area contributed by atoms with Gasteiger partial charge in [-0.25, -0.2) is 0 Å². The first-order valence-electron chi connectivity index (χ1n) is 13.1. The molecule has 0 aliphatic carbocycles. The third kappa shape index (κ3) is 7.54. The van der Waals surface area contributed by atoms with Gasteiger partial charge in [-0.3, -0.25) is 9.69 Å². The first kappa shape index (κ1) is 28.0. The molecule has 0 radical (unpaired) electrons. The minimum atomic E-state index is -0.708. The van der Waals surface area contributed by atoms with Gasteiger partial charge in [0.05, 0.1) is 31.9 Å². The van der Waals surface area contributed by atoms with E-state index in [-0.39, 0.29) is 25.1 Å². The number of ether oxygens (including phenoxy) is 2. The molecule has 3 aromatic rings. The molecule has 6 nitrogen and oxygen atoms in total. The topological polar surface area (TPSA) is 62.2 Å². The average molecular weight is 535 g/mol. The molecule has 2 aromatic carbocycles. The predicted molar refractivity (Wildman–Crippen MR) is 153 cm³/mol. The van der Waals surface area contributed by atoms with Crippen LogP contribution in [0.4, 0.5) is 0 Å². The first-order valence-corrected chi connectivity index (χ1v) is 14.0. The lowest BCUT2D eigenvalue weighted by Gasteiger charge is -2.37. The van der Waals surface area contributed by atoms with Crippen molar-refractivity contribution in [2.75, 3.05) is 39.4 Å². The van der Waals surface area contributed by atoms with Crippen molar-refractivity contribution in [2.45, 2.75) is 39.0 Å². The fourth-order valence-electron chi connectivity index (χ4n) is 4.91. The van der Waals surface area contributed by atoms with Crippen LogP contribution in [0.5, 0.6) is 5.75 Å². The van der Waals surface area contributed by atoms with Gasteiger partial charge in [-0.1, -0.05) is 54.1 Å². The Hall–Kier alpha value is -2.97. The Bertz CT molecular complexity index is 1200. The lowest BCUT2D eigenvalue weighted by Crippen LogP contribution is -2.48. The van der Waals surface area contributed by atoms with Gasteiger partial charge in [0, 0.05) is 24.5 Å². The van der Waals surface area contributed by atoms with E-state index in [1.54, 1.807) is 17.4 Å². The summed E-state index contributed by atoms with van der Waals surface area (Å²) in [4.78, 5) is 18.8. The van der Waals surface area contributed by atoms with E-state index < -0.39 is 6.10 Å². The number of aryl methyl sites for hydroxylation is 2. The molecule has 0 bridgehead atoms. The van der Waals surface area contributed by atoms with Gasteiger partial charge in [0.2, 0.25) is 5.91 Å². The van der Waals surface area contributed by atoms with Crippen molar-refractivity contribution < 1.29 is 19.4 Å². The van der Waals surface area contributed by atoms with Crippen molar-refractivity contribution in [1.29, 1.82) is 0 Å². The molecule has 38 heavy (non-hydrogen) atoms. The molecule has 0 saturated heterocycles. The third-order valence-electron chi connectivity index (χ3n) is 6.78. The van der Waals surface area contributed by atoms with E-state index in [1.807, 2.05) is 59.2 Å². The van der Waals surface area contributed by atoms with Crippen LogP contribution in [0.3, 0.4) is 0 Å². The Morgan fingerprint density at radius 1 is 1.24 bits per heavy atom. The van der Waals surface area contributed by atoms with E-state index in [9.17, 15) is 9.90 Å². The second-order valence-electron chi connectivity index (χ2n) is 9.87. The number of aliphatic hydroxyl groups excluding tert-OH is 1. The largest absolute Gasteiger partial charge is 0.491 e. The quantitative estimate of drug-likeness (QED) is 0.315. The van der Waals surface area contributed by atoms with Crippen LogP contribution < -0.4 is 4.74 Å². The smallest absolute Gasteiger partial charge is 0.237 e. The second kappa shape index (κ2) is 13.7. The fraction of sp³-hybridized carbons (Fsp3) is 0.387. The molecule has 4 rings (SSSR count). The molecule has 2 atom stereocenters. The van der Waals surface area contributed by atoms with Gasteiger partial charge in [-0.15, -0.1) is 17.9 Å². The number of carbonyl (C=O) groups excluding carboxylic acids is 1. The van der Waals surface area contributed by atoms with Crippen LogP contribution in [-0.4, -0.2) is 66.3 Å². The highest BCUT2D eigenvalue weighted by molar-refractivity contribution is 7.10. The van der Waals surface area contributed by atoms with E-state index in [0.29, 0.717) is 32.8 Å². The predicted octanol–water partition coefficient (Wildman–Crippen LogP) is 4.94. The molecule has 2 unspecified atom stereocenters. The molecule has 1 N–H and O–H groups in total. The van der Waals surface area contributed by atoms with Crippen molar-refractivity contribution in [3.05, 3.63) is 99.8 Å². The number of aliphatic hydroxyl groups is 1. The van der Waals surface area contributed by atoms with Gasteiger partial charge in [0.1, 0.15) is 12.4 Å². The molecule has 2 heterocycles. The van der Waals surface area contributed by atoms with Crippen molar-refractivity contribution in [3.63, 3.8) is 0 Å². The molecule has 0 spiro atoms. The summed E-state index contributed by atoms with van der Waals surface area (Å²) >= 11 is 1.74. The number of amides is 1. The summed E-state index contributed by atoms with van der Waals surface area (Å²) < 4.78 is 12.0. The van der Waals surface area contributed by atoms with Crippen LogP contribution >= 0.6 is 11.3 Å². The van der Waals surface area contributed by atoms with Crippen LogP contribution in [-0.2, 0) is 22.6 Å². The monoisotopic (exact) mass is 534 g/mol. The van der Waals surface area contributed by atoms with E-state index in [0.717, 1.165) is 23.3 Å². The van der Waals surface area contributed by atoms with Crippen LogP contribution in [0, 0.1) is 13.8 Å². The lowest BCUT2D eigenvalue weighted by atomic mass is 10.00. The summed E-state index contributed by atoms with van der Waals surface area (Å²) in [6.45, 7) is 10.7. The second-order valence-corrected chi connectivity index (χ2v) is 10.9. The van der Waals surface area contributed by atoms with Gasteiger partial charge in [0.15, 0.2) is 0 Å². The zero-order valence-corrected chi connectivity index (χ0v) is 23.2. The molecule has 0 fully saturated rings. The molecule has 202 valence electrons. The lowest BCUT2D eigenvalue weighted by molar-refractivity contribution is -0.136. The first-order chi connectivity index (χ1) is 18.4. The van der Waals surface area contributed by atoms with Crippen LogP contribution in [0.1, 0.15) is 33.2 Å². The normalized spacial score (nSPS) is 15.8. The van der Waals surface area contributed by atoms with Crippen molar-refractivity contribution in [3.8, 4) is 5.75 Å². The maximum Gasteiger partial charge on any atom is 0.237 e. The van der Waals surface area contributed by atoms with Crippen molar-refractivity contribution >= 4 is 17.2 Å². The third-order valence-corrected chi connectivity index (χ3v) is 7.78. The number of fused-ring (bicyclic) bond motifs is 1. The van der Waals surface area contributed by atoms with Crippen LogP contribution in [0.25, 0.3) is 0 Å². The molecular weight excluding hydrogens is 496 g/mol. The van der Waals surface area contributed by atoms with Gasteiger partial charge >= 0.3 is 0 Å². The van der Waals surface area contributed by atoms with Crippen LogP contribution in [0.2, 0.25) is 0 Å². The number of nitrogens with zero attached hydrogens (tertiary/aromatic N) is 2. The Balaban J connectivity index is 1.37. The van der Waals surface area contributed by atoms with Crippen molar-refractivity contribution in [1.82, 2.24) is 9.80 Å². The van der Waals surface area contributed by atoms with E-state index in [2.05, 4.69) is 31.0 Å². The number of hydrogen-bond donors (Lipinski definition) is 1. The number of hydrogen-bond acceptors (Lipinski definition) is 6.